The van der Waals surface area contributed by atoms with Crippen LogP contribution in [0.1, 0.15) is 28.3 Å². The Morgan fingerprint density at radius 1 is 1.20 bits per heavy atom. The van der Waals surface area contributed by atoms with Gasteiger partial charge in [0.2, 0.25) is 0 Å². The van der Waals surface area contributed by atoms with Crippen LogP contribution in [0.25, 0.3) is 0 Å². The molecule has 0 bridgehead atoms. The first-order chi connectivity index (χ1) is 14.6. The summed E-state index contributed by atoms with van der Waals surface area (Å²) < 4.78 is 20.5. The van der Waals surface area contributed by atoms with E-state index in [9.17, 15) is 9.18 Å². The molecule has 2 heterocycles. The molecule has 1 fully saturated rings. The number of benzene rings is 2. The zero-order valence-electron chi connectivity index (χ0n) is 16.5. The Morgan fingerprint density at radius 3 is 2.67 bits per heavy atom. The van der Waals surface area contributed by atoms with Gasteiger partial charge in [-0.1, -0.05) is 12.1 Å². The van der Waals surface area contributed by atoms with Gasteiger partial charge in [-0.15, -0.1) is 0 Å². The zero-order valence-corrected chi connectivity index (χ0v) is 16.5. The van der Waals surface area contributed by atoms with Gasteiger partial charge in [-0.3, -0.25) is 9.48 Å². The molecule has 1 aliphatic heterocycles. The molecule has 1 amide bonds. The molecule has 3 aromatic rings. The molecule has 1 aromatic heterocycles. The van der Waals surface area contributed by atoms with E-state index in [2.05, 4.69) is 10.1 Å². The van der Waals surface area contributed by atoms with Gasteiger partial charge in [0, 0.05) is 24.6 Å². The number of likely N-dealkylation sites (tertiary alicyclic amines) is 1. The fraction of sp³-hybridized carbons (Fsp3) is 0.318. The fourth-order valence-corrected chi connectivity index (χ4v) is 3.65. The second-order valence-corrected chi connectivity index (χ2v) is 7.50. The topological polar surface area (TPSA) is 86.3 Å². The largest absolute Gasteiger partial charge is 0.492 e. The molecule has 0 radical (unpaired) electrons. The number of hydrogen-bond acceptors (Lipinski definition) is 5. The normalized spacial score (nSPS) is 17.1. The van der Waals surface area contributed by atoms with E-state index in [4.69, 9.17) is 10.5 Å². The summed E-state index contributed by atoms with van der Waals surface area (Å²) in [6, 6.07) is 13.4. The highest BCUT2D eigenvalue weighted by Crippen LogP contribution is 2.28. The van der Waals surface area contributed by atoms with Crippen molar-refractivity contribution in [3.05, 3.63) is 78.1 Å². The van der Waals surface area contributed by atoms with Crippen LogP contribution in [-0.4, -0.2) is 51.3 Å². The van der Waals surface area contributed by atoms with Gasteiger partial charge in [0.05, 0.1) is 12.6 Å². The third-order valence-corrected chi connectivity index (χ3v) is 5.27. The zero-order chi connectivity index (χ0) is 20.9. The molecule has 0 unspecified atom stereocenters. The molecule has 2 atom stereocenters. The van der Waals surface area contributed by atoms with Crippen molar-refractivity contribution in [3.63, 3.8) is 0 Å². The van der Waals surface area contributed by atoms with Crippen LogP contribution in [0.3, 0.4) is 0 Å². The summed E-state index contributed by atoms with van der Waals surface area (Å²) in [5.74, 6) is 0.648. The van der Waals surface area contributed by atoms with E-state index in [1.165, 1.54) is 18.5 Å². The van der Waals surface area contributed by atoms with Crippen molar-refractivity contribution in [1.82, 2.24) is 19.7 Å². The lowest BCUT2D eigenvalue weighted by atomic mass is 9.99. The number of nitrogens with zero attached hydrogens (tertiary/aromatic N) is 4. The molecule has 0 saturated carbocycles. The van der Waals surface area contributed by atoms with E-state index in [1.54, 1.807) is 47.4 Å². The van der Waals surface area contributed by atoms with Gasteiger partial charge in [0.25, 0.3) is 5.91 Å². The molecule has 4 rings (SSSR count). The molecule has 0 aliphatic carbocycles. The number of carbonyl (C=O) groups excluding carboxylic acids is 1. The molecule has 30 heavy (non-hydrogen) atoms. The maximum absolute atomic E-state index is 13.1. The molecular formula is C22H24FN5O2. The van der Waals surface area contributed by atoms with Crippen LogP contribution in [0.4, 0.5) is 4.39 Å². The fourth-order valence-electron chi connectivity index (χ4n) is 3.65. The second kappa shape index (κ2) is 9.04. The third kappa shape index (κ3) is 4.83. The van der Waals surface area contributed by atoms with Crippen LogP contribution in [0, 0.1) is 5.82 Å². The Hall–Kier alpha value is -3.26. The van der Waals surface area contributed by atoms with Crippen LogP contribution >= 0.6 is 0 Å². The first-order valence-corrected chi connectivity index (χ1v) is 9.94. The van der Waals surface area contributed by atoms with Crippen molar-refractivity contribution >= 4 is 5.91 Å². The average Bonchev–Trinajstić information content (AvgIpc) is 3.45. The first kappa shape index (κ1) is 20.0. The minimum absolute atomic E-state index is 0.00551. The third-order valence-electron chi connectivity index (χ3n) is 5.27. The molecule has 2 aromatic carbocycles. The van der Waals surface area contributed by atoms with Crippen LogP contribution in [0.5, 0.6) is 5.75 Å². The smallest absolute Gasteiger partial charge is 0.253 e. The summed E-state index contributed by atoms with van der Waals surface area (Å²) in [6.07, 6.45) is 3.95. The number of halogens is 1. The van der Waals surface area contributed by atoms with Crippen LogP contribution in [0.2, 0.25) is 0 Å². The maximum Gasteiger partial charge on any atom is 0.253 e. The van der Waals surface area contributed by atoms with E-state index in [0.717, 1.165) is 12.0 Å². The number of aromatic nitrogens is 3. The number of nitrogens with two attached hydrogens (primary N) is 1. The number of ether oxygens (including phenoxy) is 1. The quantitative estimate of drug-likeness (QED) is 0.648. The van der Waals surface area contributed by atoms with Crippen molar-refractivity contribution in [1.29, 1.82) is 0 Å². The molecule has 1 saturated heterocycles. The summed E-state index contributed by atoms with van der Waals surface area (Å²) in [5.41, 5.74) is 7.73. The number of rotatable bonds is 7. The number of amides is 1. The molecule has 156 valence electrons. The summed E-state index contributed by atoms with van der Waals surface area (Å²) in [5, 5.41) is 4.02. The summed E-state index contributed by atoms with van der Waals surface area (Å²) >= 11 is 0. The Kier molecular flexibility index (Phi) is 6.04. The van der Waals surface area contributed by atoms with E-state index in [0.29, 0.717) is 37.6 Å². The molecular weight excluding hydrogens is 385 g/mol. The lowest BCUT2D eigenvalue weighted by molar-refractivity contribution is 0.0790. The van der Waals surface area contributed by atoms with E-state index in [1.807, 2.05) is 4.90 Å². The Labute approximate surface area is 174 Å². The second-order valence-electron chi connectivity index (χ2n) is 7.50. The minimum Gasteiger partial charge on any atom is -0.492 e. The highest BCUT2D eigenvalue weighted by molar-refractivity contribution is 5.94. The number of carbonyl (C=O) groups is 1. The van der Waals surface area contributed by atoms with Gasteiger partial charge < -0.3 is 15.4 Å². The van der Waals surface area contributed by atoms with Crippen LogP contribution in [-0.2, 0) is 6.54 Å². The molecule has 1 aliphatic rings. The molecule has 0 spiro atoms. The van der Waals surface area contributed by atoms with Gasteiger partial charge in [0.15, 0.2) is 0 Å². The van der Waals surface area contributed by atoms with Gasteiger partial charge in [-0.05, 0) is 48.4 Å². The predicted molar refractivity (Wildman–Crippen MR) is 110 cm³/mol. The van der Waals surface area contributed by atoms with E-state index in [-0.39, 0.29) is 23.7 Å². The van der Waals surface area contributed by atoms with Gasteiger partial charge >= 0.3 is 0 Å². The predicted octanol–water partition coefficient (Wildman–Crippen LogP) is 2.45. The first-order valence-electron chi connectivity index (χ1n) is 9.94. The summed E-state index contributed by atoms with van der Waals surface area (Å²) in [6.45, 7) is 2.18. The summed E-state index contributed by atoms with van der Waals surface area (Å²) in [7, 11) is 0. The Balaban J connectivity index is 1.29. The van der Waals surface area contributed by atoms with Gasteiger partial charge in [-0.25, -0.2) is 9.37 Å². The van der Waals surface area contributed by atoms with E-state index >= 15 is 0 Å². The van der Waals surface area contributed by atoms with Crippen LogP contribution in [0.15, 0.2) is 61.2 Å². The highest BCUT2D eigenvalue weighted by Gasteiger charge is 2.28. The Morgan fingerprint density at radius 2 is 1.97 bits per heavy atom. The summed E-state index contributed by atoms with van der Waals surface area (Å²) in [4.78, 5) is 18.5. The van der Waals surface area contributed by atoms with E-state index < -0.39 is 0 Å². The van der Waals surface area contributed by atoms with Gasteiger partial charge in [-0.2, -0.15) is 5.10 Å². The number of hydrogen-bond donors (Lipinski definition) is 1. The van der Waals surface area contributed by atoms with Crippen molar-refractivity contribution in [2.24, 2.45) is 5.73 Å². The van der Waals surface area contributed by atoms with Crippen molar-refractivity contribution in [2.45, 2.75) is 24.9 Å². The van der Waals surface area contributed by atoms with Gasteiger partial charge in [0.1, 0.15) is 30.8 Å². The Bertz CT molecular complexity index is 960. The van der Waals surface area contributed by atoms with Crippen molar-refractivity contribution < 1.29 is 13.9 Å². The lowest BCUT2D eigenvalue weighted by Crippen LogP contribution is -2.32. The molecule has 7 nitrogen and oxygen atoms in total. The monoisotopic (exact) mass is 409 g/mol. The average molecular weight is 409 g/mol. The molecule has 8 heteroatoms. The SMILES string of the molecule is N[C@@H](COc1ccc(C(=O)N2CC[C@H](c3ccc(F)cc3)C2)cc1)Cn1cncn1. The highest BCUT2D eigenvalue weighted by atomic mass is 19.1. The van der Waals surface area contributed by atoms with Crippen molar-refractivity contribution in [3.8, 4) is 5.75 Å². The lowest BCUT2D eigenvalue weighted by Gasteiger charge is -2.17. The molecule has 2 N–H and O–H groups in total. The van der Waals surface area contributed by atoms with Crippen molar-refractivity contribution in [2.75, 3.05) is 19.7 Å². The maximum atomic E-state index is 13.1. The standard InChI is InChI=1S/C22H24FN5O2/c23-19-5-1-16(2-6-19)18-9-10-27(11-18)22(29)17-3-7-21(8-4-17)30-13-20(24)12-28-15-25-14-26-28/h1-8,14-15,18,20H,9-13,24H2/t18-,20+/m0/s1. The van der Waals surface area contributed by atoms with Crippen LogP contribution < -0.4 is 10.5 Å². The minimum atomic E-state index is -0.244.